The lowest BCUT2D eigenvalue weighted by Crippen LogP contribution is -2.28. The molecule has 0 saturated carbocycles. The molecule has 1 aromatic heterocycles. The number of rotatable bonds is 4. The molecule has 7 aromatic rings. The Hall–Kier alpha value is -4.92. The fourth-order valence-corrected chi connectivity index (χ4v) is 7.05. The second-order valence-electron chi connectivity index (χ2n) is 10.6. The van der Waals surface area contributed by atoms with Crippen LogP contribution in [0.2, 0.25) is 0 Å². The Labute approximate surface area is 234 Å². The van der Waals surface area contributed by atoms with E-state index in [0.29, 0.717) is 6.67 Å². The summed E-state index contributed by atoms with van der Waals surface area (Å²) in [5.41, 5.74) is 18.6. The van der Waals surface area contributed by atoms with Gasteiger partial charge in [0.05, 0.1) is 23.1 Å². The zero-order valence-electron chi connectivity index (χ0n) is 22.1. The highest BCUT2D eigenvalue weighted by molar-refractivity contribution is 6.09. The first-order chi connectivity index (χ1) is 19.8. The third kappa shape index (κ3) is 3.08. The molecule has 40 heavy (non-hydrogen) atoms. The first-order valence-corrected chi connectivity index (χ1v) is 13.9. The summed E-state index contributed by atoms with van der Waals surface area (Å²) in [4.78, 5) is 0. The van der Waals surface area contributed by atoms with Crippen molar-refractivity contribution in [2.75, 3.05) is 0 Å². The van der Waals surface area contributed by atoms with Gasteiger partial charge in [-0.15, -0.1) is 0 Å². The van der Waals surface area contributed by atoms with Crippen LogP contribution >= 0.6 is 0 Å². The van der Waals surface area contributed by atoms with E-state index in [-0.39, 0.29) is 0 Å². The predicted molar refractivity (Wildman–Crippen MR) is 166 cm³/mol. The smallest absolute Gasteiger partial charge is 0.0714 e. The monoisotopic (exact) mass is 512 g/mol. The number of hydrogen-bond donors (Lipinski definition) is 1. The molecule has 1 aliphatic rings. The van der Waals surface area contributed by atoms with E-state index in [0.717, 1.165) is 11.0 Å². The molecule has 0 radical (unpaired) electrons. The first kappa shape index (κ1) is 23.0. The van der Waals surface area contributed by atoms with Crippen molar-refractivity contribution in [3.63, 3.8) is 0 Å². The summed E-state index contributed by atoms with van der Waals surface area (Å²) in [7, 11) is 0. The van der Waals surface area contributed by atoms with Crippen molar-refractivity contribution in [1.29, 1.82) is 0 Å². The highest BCUT2D eigenvalue weighted by Crippen LogP contribution is 2.56. The van der Waals surface area contributed by atoms with E-state index in [1.54, 1.807) is 0 Å². The van der Waals surface area contributed by atoms with Crippen molar-refractivity contribution in [2.24, 2.45) is 5.73 Å². The van der Waals surface area contributed by atoms with Gasteiger partial charge in [-0.2, -0.15) is 0 Å². The van der Waals surface area contributed by atoms with Gasteiger partial charge in [-0.25, -0.2) is 0 Å². The van der Waals surface area contributed by atoms with E-state index in [9.17, 15) is 0 Å². The third-order valence-electron chi connectivity index (χ3n) is 8.75. The Bertz CT molecular complexity index is 1990. The van der Waals surface area contributed by atoms with Gasteiger partial charge in [0.15, 0.2) is 0 Å². The van der Waals surface area contributed by atoms with E-state index >= 15 is 0 Å². The molecule has 8 rings (SSSR count). The SMILES string of the molecule is NCn1c2cc(-c3ccccc3)ccc2c2ccc(C3(c4ccccc4)c4ccccc4-c4ccccc43)cc21. The van der Waals surface area contributed by atoms with Gasteiger partial charge in [0, 0.05) is 10.8 Å². The molecular weight excluding hydrogens is 484 g/mol. The molecule has 0 spiro atoms. The molecule has 0 bridgehead atoms. The third-order valence-corrected chi connectivity index (χ3v) is 8.75. The van der Waals surface area contributed by atoms with E-state index < -0.39 is 5.41 Å². The van der Waals surface area contributed by atoms with Gasteiger partial charge in [0.1, 0.15) is 0 Å². The standard InChI is InChI=1S/C38H28N2/c39-25-40-36-23-27(26-11-3-1-4-12-26)19-21-32(36)33-22-20-29(24-37(33)40)38(28-13-5-2-6-14-28)34-17-9-7-15-30(34)31-16-8-10-18-35(31)38/h1-24H,25,39H2. The maximum absolute atomic E-state index is 6.48. The average Bonchev–Trinajstić information content (AvgIpc) is 3.51. The number of benzene rings is 6. The van der Waals surface area contributed by atoms with Crippen LogP contribution in [-0.4, -0.2) is 4.57 Å². The van der Waals surface area contributed by atoms with Crippen molar-refractivity contribution in [2.45, 2.75) is 12.1 Å². The van der Waals surface area contributed by atoms with Crippen LogP contribution in [0.4, 0.5) is 0 Å². The molecule has 2 heteroatoms. The van der Waals surface area contributed by atoms with Crippen molar-refractivity contribution in [3.8, 4) is 22.3 Å². The summed E-state index contributed by atoms with van der Waals surface area (Å²) in [5.74, 6) is 0. The lowest BCUT2D eigenvalue weighted by atomic mass is 9.67. The minimum Gasteiger partial charge on any atom is -0.327 e. The summed E-state index contributed by atoms with van der Waals surface area (Å²) in [6.07, 6.45) is 0. The van der Waals surface area contributed by atoms with Gasteiger partial charge in [-0.3, -0.25) is 0 Å². The molecule has 0 fully saturated rings. The highest BCUT2D eigenvalue weighted by Gasteiger charge is 2.45. The van der Waals surface area contributed by atoms with Crippen LogP contribution in [0.15, 0.2) is 146 Å². The van der Waals surface area contributed by atoms with Crippen LogP contribution in [0.5, 0.6) is 0 Å². The molecule has 1 heterocycles. The lowest BCUT2D eigenvalue weighted by Gasteiger charge is -2.34. The molecule has 0 unspecified atom stereocenters. The van der Waals surface area contributed by atoms with Crippen LogP contribution in [0.25, 0.3) is 44.1 Å². The number of hydrogen-bond acceptors (Lipinski definition) is 1. The maximum atomic E-state index is 6.48. The van der Waals surface area contributed by atoms with E-state index in [4.69, 9.17) is 5.73 Å². The van der Waals surface area contributed by atoms with Gasteiger partial charge < -0.3 is 10.3 Å². The molecule has 2 N–H and O–H groups in total. The molecule has 0 atom stereocenters. The lowest BCUT2D eigenvalue weighted by molar-refractivity contribution is 0.763. The summed E-state index contributed by atoms with van der Waals surface area (Å²) in [5, 5.41) is 2.46. The molecule has 0 amide bonds. The van der Waals surface area contributed by atoms with Crippen molar-refractivity contribution >= 4 is 21.8 Å². The van der Waals surface area contributed by atoms with Crippen LogP contribution in [-0.2, 0) is 12.1 Å². The van der Waals surface area contributed by atoms with Gasteiger partial charge in [-0.1, -0.05) is 133 Å². The molecular formula is C38H28N2. The molecule has 1 aliphatic carbocycles. The minimum atomic E-state index is -0.423. The van der Waals surface area contributed by atoms with Crippen LogP contribution in [0, 0.1) is 0 Å². The Morgan fingerprint density at radius 1 is 0.475 bits per heavy atom. The molecule has 0 saturated heterocycles. The van der Waals surface area contributed by atoms with E-state index in [2.05, 4.69) is 150 Å². The molecule has 0 aliphatic heterocycles. The summed E-state index contributed by atoms with van der Waals surface area (Å²) in [6, 6.07) is 53.0. The quantitative estimate of drug-likeness (QED) is 0.251. The van der Waals surface area contributed by atoms with Gasteiger partial charge in [-0.05, 0) is 56.6 Å². The van der Waals surface area contributed by atoms with Crippen LogP contribution in [0.1, 0.15) is 22.3 Å². The molecule has 6 aromatic carbocycles. The number of fused-ring (bicyclic) bond motifs is 6. The summed E-state index contributed by atoms with van der Waals surface area (Å²) < 4.78 is 2.27. The second kappa shape index (κ2) is 8.81. The maximum Gasteiger partial charge on any atom is 0.0714 e. The minimum absolute atomic E-state index is 0.410. The number of nitrogens with zero attached hydrogens (tertiary/aromatic N) is 1. The zero-order chi connectivity index (χ0) is 26.7. The summed E-state index contributed by atoms with van der Waals surface area (Å²) in [6.45, 7) is 0.410. The highest BCUT2D eigenvalue weighted by atomic mass is 15.0. The summed E-state index contributed by atoms with van der Waals surface area (Å²) >= 11 is 0. The Balaban J connectivity index is 1.45. The topological polar surface area (TPSA) is 30.9 Å². The van der Waals surface area contributed by atoms with Crippen molar-refractivity contribution in [3.05, 3.63) is 168 Å². The second-order valence-corrected chi connectivity index (χ2v) is 10.6. The van der Waals surface area contributed by atoms with Crippen molar-refractivity contribution in [1.82, 2.24) is 4.57 Å². The Kier molecular flexibility index (Phi) is 5.07. The first-order valence-electron chi connectivity index (χ1n) is 13.9. The van der Waals surface area contributed by atoms with E-state index in [1.807, 2.05) is 0 Å². The Morgan fingerprint density at radius 2 is 1.02 bits per heavy atom. The average molecular weight is 513 g/mol. The Morgan fingerprint density at radius 3 is 1.68 bits per heavy atom. The largest absolute Gasteiger partial charge is 0.327 e. The number of nitrogens with two attached hydrogens (primary N) is 1. The molecule has 190 valence electrons. The fraction of sp³-hybridized carbons (Fsp3) is 0.0526. The van der Waals surface area contributed by atoms with Gasteiger partial charge >= 0.3 is 0 Å². The zero-order valence-corrected chi connectivity index (χ0v) is 22.1. The normalized spacial score (nSPS) is 13.4. The number of aromatic nitrogens is 1. The fourth-order valence-electron chi connectivity index (χ4n) is 7.05. The van der Waals surface area contributed by atoms with Crippen LogP contribution < -0.4 is 5.73 Å². The van der Waals surface area contributed by atoms with Crippen molar-refractivity contribution < 1.29 is 0 Å². The van der Waals surface area contributed by atoms with Crippen LogP contribution in [0.3, 0.4) is 0 Å². The van der Waals surface area contributed by atoms with Gasteiger partial charge in [0.2, 0.25) is 0 Å². The van der Waals surface area contributed by atoms with E-state index in [1.165, 1.54) is 55.3 Å². The van der Waals surface area contributed by atoms with Gasteiger partial charge in [0.25, 0.3) is 0 Å². The predicted octanol–water partition coefficient (Wildman–Crippen LogP) is 8.74. The molecule has 2 nitrogen and oxygen atoms in total.